The summed E-state index contributed by atoms with van der Waals surface area (Å²) in [5.74, 6) is -2.50. The number of hydrogen-bond donors (Lipinski definition) is 1. The van der Waals surface area contributed by atoms with Crippen LogP contribution in [0.4, 0.5) is 8.78 Å². The molecule has 2 N–H and O–H groups in total. The first-order valence-corrected chi connectivity index (χ1v) is 5.81. The van der Waals surface area contributed by atoms with Crippen molar-refractivity contribution in [3.8, 4) is 0 Å². The highest BCUT2D eigenvalue weighted by Crippen LogP contribution is 2.22. The van der Waals surface area contributed by atoms with Gasteiger partial charge in [-0.25, -0.2) is 8.78 Å². The van der Waals surface area contributed by atoms with Crippen LogP contribution in [-0.4, -0.2) is 5.78 Å². The van der Waals surface area contributed by atoms with Crippen LogP contribution in [0.1, 0.15) is 27.5 Å². The number of carbonyl (C=O) groups excluding carboxylic acids is 1. The van der Waals surface area contributed by atoms with Crippen LogP contribution in [0.15, 0.2) is 42.5 Å². The molecule has 98 valence electrons. The number of carbonyl (C=O) groups is 1. The van der Waals surface area contributed by atoms with Crippen LogP contribution in [0.5, 0.6) is 0 Å². The van der Waals surface area contributed by atoms with Gasteiger partial charge in [-0.3, -0.25) is 4.79 Å². The van der Waals surface area contributed by atoms with Gasteiger partial charge in [0.05, 0.1) is 11.6 Å². The number of benzene rings is 2. The average molecular weight is 261 g/mol. The predicted molar refractivity (Wildman–Crippen MR) is 68.8 cm³/mol. The zero-order valence-electron chi connectivity index (χ0n) is 10.4. The molecule has 0 amide bonds. The van der Waals surface area contributed by atoms with Crippen LogP contribution < -0.4 is 5.73 Å². The van der Waals surface area contributed by atoms with Gasteiger partial charge in [0.1, 0.15) is 11.6 Å². The summed E-state index contributed by atoms with van der Waals surface area (Å²) in [5.41, 5.74) is 5.94. The van der Waals surface area contributed by atoms with Gasteiger partial charge in [-0.1, -0.05) is 36.4 Å². The highest BCUT2D eigenvalue weighted by molar-refractivity contribution is 6.01. The molecule has 2 rings (SSSR count). The maximum absolute atomic E-state index is 13.9. The van der Waals surface area contributed by atoms with Crippen molar-refractivity contribution >= 4 is 5.78 Å². The minimum atomic E-state index is -1.08. The van der Waals surface area contributed by atoms with E-state index in [1.54, 1.807) is 30.3 Å². The molecular weight excluding hydrogens is 248 g/mol. The first kappa shape index (κ1) is 13.4. The smallest absolute Gasteiger partial charge is 0.189 e. The molecule has 1 atom stereocenters. The van der Waals surface area contributed by atoms with Crippen molar-refractivity contribution in [3.05, 3.63) is 70.8 Å². The molecule has 0 aromatic heterocycles. The number of Topliss-reactive ketones (excluding diaryl/α,β-unsaturated/α-hetero) is 1. The zero-order chi connectivity index (χ0) is 14.0. The van der Waals surface area contributed by atoms with Crippen LogP contribution in [0.2, 0.25) is 0 Å². The van der Waals surface area contributed by atoms with Crippen LogP contribution >= 0.6 is 0 Å². The fourth-order valence-electron chi connectivity index (χ4n) is 1.85. The SMILES string of the molecule is Cc1ccc(F)c(C(=O)[C@H](N)c2ccccc2)c1F. The molecule has 0 aliphatic carbocycles. The predicted octanol–water partition coefficient (Wildman–Crippen LogP) is 3.16. The van der Waals surface area contributed by atoms with Crippen LogP contribution in [0, 0.1) is 18.6 Å². The number of nitrogens with two attached hydrogens (primary N) is 1. The van der Waals surface area contributed by atoms with E-state index in [0.717, 1.165) is 6.07 Å². The van der Waals surface area contributed by atoms with Gasteiger partial charge in [0, 0.05) is 0 Å². The summed E-state index contributed by atoms with van der Waals surface area (Å²) in [6.07, 6.45) is 0. The van der Waals surface area contributed by atoms with E-state index >= 15 is 0 Å². The Morgan fingerprint density at radius 3 is 2.37 bits per heavy atom. The lowest BCUT2D eigenvalue weighted by molar-refractivity contribution is 0.0952. The van der Waals surface area contributed by atoms with Gasteiger partial charge in [-0.15, -0.1) is 0 Å². The van der Waals surface area contributed by atoms with Gasteiger partial charge < -0.3 is 5.73 Å². The van der Waals surface area contributed by atoms with Crippen molar-refractivity contribution in [1.82, 2.24) is 0 Å². The Morgan fingerprint density at radius 1 is 1.11 bits per heavy atom. The van der Waals surface area contributed by atoms with E-state index in [0.29, 0.717) is 5.56 Å². The van der Waals surface area contributed by atoms with E-state index in [-0.39, 0.29) is 5.56 Å². The Morgan fingerprint density at radius 2 is 1.74 bits per heavy atom. The summed E-state index contributed by atoms with van der Waals surface area (Å²) >= 11 is 0. The van der Waals surface area contributed by atoms with Crippen molar-refractivity contribution in [2.75, 3.05) is 0 Å². The molecule has 2 nitrogen and oxygen atoms in total. The number of ketones is 1. The van der Waals surface area contributed by atoms with Crippen molar-refractivity contribution in [2.24, 2.45) is 5.73 Å². The minimum absolute atomic E-state index is 0.213. The Balaban J connectivity index is 2.43. The van der Waals surface area contributed by atoms with Gasteiger partial charge in [-0.05, 0) is 24.1 Å². The van der Waals surface area contributed by atoms with E-state index in [9.17, 15) is 13.6 Å². The van der Waals surface area contributed by atoms with Gasteiger partial charge in [0.2, 0.25) is 0 Å². The van der Waals surface area contributed by atoms with Gasteiger partial charge in [0.25, 0.3) is 0 Å². The normalized spacial score (nSPS) is 12.2. The maximum Gasteiger partial charge on any atom is 0.189 e. The summed E-state index contributed by atoms with van der Waals surface area (Å²) in [7, 11) is 0. The van der Waals surface area contributed by atoms with Crippen LogP contribution in [-0.2, 0) is 0 Å². The molecule has 19 heavy (non-hydrogen) atoms. The van der Waals surface area contributed by atoms with Gasteiger partial charge >= 0.3 is 0 Å². The first-order valence-electron chi connectivity index (χ1n) is 5.81. The quantitative estimate of drug-likeness (QED) is 0.862. The lowest BCUT2D eigenvalue weighted by atomic mass is 9.96. The van der Waals surface area contributed by atoms with Crippen LogP contribution in [0.25, 0.3) is 0 Å². The third-order valence-corrected chi connectivity index (χ3v) is 2.97. The van der Waals surface area contributed by atoms with Gasteiger partial charge in [0.15, 0.2) is 5.78 Å². The molecule has 0 bridgehead atoms. The summed E-state index contributed by atoms with van der Waals surface area (Å²) in [4.78, 5) is 12.1. The van der Waals surface area contributed by atoms with Crippen LogP contribution in [0.3, 0.4) is 0 Å². The summed E-state index contributed by atoms with van der Waals surface area (Å²) in [6, 6.07) is 9.78. The molecule has 0 aliphatic rings. The summed E-state index contributed by atoms with van der Waals surface area (Å²) in [6.45, 7) is 1.47. The molecule has 0 saturated carbocycles. The fourth-order valence-corrected chi connectivity index (χ4v) is 1.85. The minimum Gasteiger partial charge on any atom is -0.318 e. The zero-order valence-corrected chi connectivity index (χ0v) is 10.4. The molecule has 2 aromatic carbocycles. The molecule has 0 fully saturated rings. The first-order chi connectivity index (χ1) is 9.02. The Kier molecular flexibility index (Phi) is 3.71. The Bertz CT molecular complexity index is 611. The Labute approximate surface area is 109 Å². The maximum atomic E-state index is 13.9. The molecule has 4 heteroatoms. The van der Waals surface area contributed by atoms with Gasteiger partial charge in [-0.2, -0.15) is 0 Å². The second kappa shape index (κ2) is 5.28. The van der Waals surface area contributed by atoms with E-state index in [4.69, 9.17) is 5.73 Å². The molecule has 0 saturated heterocycles. The second-order valence-corrected chi connectivity index (χ2v) is 4.31. The highest BCUT2D eigenvalue weighted by atomic mass is 19.1. The van der Waals surface area contributed by atoms with Crippen molar-refractivity contribution < 1.29 is 13.6 Å². The average Bonchev–Trinajstić information content (AvgIpc) is 2.43. The van der Waals surface area contributed by atoms with E-state index in [1.165, 1.54) is 13.0 Å². The van der Waals surface area contributed by atoms with E-state index in [2.05, 4.69) is 0 Å². The molecule has 0 spiro atoms. The summed E-state index contributed by atoms with van der Waals surface area (Å²) < 4.78 is 27.5. The van der Waals surface area contributed by atoms with Crippen molar-refractivity contribution in [3.63, 3.8) is 0 Å². The second-order valence-electron chi connectivity index (χ2n) is 4.31. The largest absolute Gasteiger partial charge is 0.318 e. The lowest BCUT2D eigenvalue weighted by Crippen LogP contribution is -2.23. The van der Waals surface area contributed by atoms with E-state index < -0.39 is 29.0 Å². The van der Waals surface area contributed by atoms with E-state index in [1.807, 2.05) is 0 Å². The monoisotopic (exact) mass is 261 g/mol. The fraction of sp³-hybridized carbons (Fsp3) is 0.133. The Hall–Kier alpha value is -2.07. The number of rotatable bonds is 3. The molecule has 0 radical (unpaired) electrons. The van der Waals surface area contributed by atoms with Crippen molar-refractivity contribution in [1.29, 1.82) is 0 Å². The van der Waals surface area contributed by atoms with Crippen molar-refractivity contribution in [2.45, 2.75) is 13.0 Å². The lowest BCUT2D eigenvalue weighted by Gasteiger charge is -2.13. The summed E-state index contributed by atoms with van der Waals surface area (Å²) in [5, 5.41) is 0. The molecular formula is C15H13F2NO. The number of aryl methyl sites for hydroxylation is 1. The third-order valence-electron chi connectivity index (χ3n) is 2.97. The highest BCUT2D eigenvalue weighted by Gasteiger charge is 2.25. The topological polar surface area (TPSA) is 43.1 Å². The third kappa shape index (κ3) is 2.53. The number of halogens is 2. The molecule has 0 unspecified atom stereocenters. The number of hydrogen-bond acceptors (Lipinski definition) is 2. The molecule has 2 aromatic rings. The molecule has 0 aliphatic heterocycles. The standard InChI is InChI=1S/C15H13F2NO/c1-9-7-8-11(16)12(13(9)17)15(19)14(18)10-5-3-2-4-6-10/h2-8,14H,18H2,1H3/t14-/m1/s1. The molecule has 0 heterocycles.